The average Bonchev–Trinajstić information content (AvgIpc) is 3.23. The topological polar surface area (TPSA) is 87.2 Å². The fourth-order valence-corrected chi connectivity index (χ4v) is 5.90. The zero-order chi connectivity index (χ0) is 28.1. The highest BCUT2D eigenvalue weighted by Gasteiger charge is 2.30. The molecule has 1 saturated carbocycles. The van der Waals surface area contributed by atoms with Crippen LogP contribution < -0.4 is 4.74 Å². The molecule has 39 heavy (non-hydrogen) atoms. The van der Waals surface area contributed by atoms with Crippen molar-refractivity contribution in [3.05, 3.63) is 63.1 Å². The number of ether oxygens (including phenoxy) is 1. The van der Waals surface area contributed by atoms with E-state index in [1.54, 1.807) is 0 Å². The largest absolute Gasteiger partial charge is 0.491 e. The number of aryl methyl sites for hydroxylation is 1. The first-order valence-corrected chi connectivity index (χ1v) is 14.3. The van der Waals surface area contributed by atoms with Gasteiger partial charge < -0.3 is 9.84 Å². The van der Waals surface area contributed by atoms with Crippen LogP contribution in [0.1, 0.15) is 68.2 Å². The smallest absolute Gasteiger partial charge is 0.306 e. The Morgan fingerprint density at radius 3 is 2.36 bits per heavy atom. The van der Waals surface area contributed by atoms with Crippen molar-refractivity contribution in [3.63, 3.8) is 0 Å². The minimum absolute atomic E-state index is 0.0729. The number of rotatable bonds is 11. The summed E-state index contributed by atoms with van der Waals surface area (Å²) in [7, 11) is 0. The molecule has 0 radical (unpaired) electrons. The van der Waals surface area contributed by atoms with E-state index in [4.69, 9.17) is 27.9 Å². The Labute approximate surface area is 240 Å². The Kier molecular flexibility index (Phi) is 9.91. The van der Waals surface area contributed by atoms with E-state index in [1.807, 2.05) is 37.3 Å². The number of carboxylic acids is 1. The minimum Gasteiger partial charge on any atom is -0.491 e. The van der Waals surface area contributed by atoms with Crippen molar-refractivity contribution < 1.29 is 24.2 Å². The van der Waals surface area contributed by atoms with E-state index < -0.39 is 5.97 Å². The maximum Gasteiger partial charge on any atom is 0.306 e. The summed E-state index contributed by atoms with van der Waals surface area (Å²) in [5.41, 5.74) is 3.19. The molecule has 1 unspecified atom stereocenters. The predicted molar refractivity (Wildman–Crippen MR) is 151 cm³/mol. The van der Waals surface area contributed by atoms with Gasteiger partial charge in [0.1, 0.15) is 12.4 Å². The summed E-state index contributed by atoms with van der Waals surface area (Å²) in [5, 5.41) is 10.4. The summed E-state index contributed by atoms with van der Waals surface area (Å²) in [6.45, 7) is 6.23. The third-order valence-electron chi connectivity index (χ3n) is 8.01. The molecule has 1 saturated heterocycles. The van der Waals surface area contributed by atoms with Gasteiger partial charge in [-0.15, -0.1) is 0 Å². The van der Waals surface area contributed by atoms with Crippen LogP contribution in [0.25, 0.3) is 0 Å². The van der Waals surface area contributed by atoms with E-state index in [-0.39, 0.29) is 49.8 Å². The van der Waals surface area contributed by atoms with E-state index in [9.17, 15) is 19.5 Å². The number of carbonyl (C=O) groups excluding carboxylic acids is 2. The number of hydrogen-bond acceptors (Lipinski definition) is 5. The molecule has 1 aliphatic carbocycles. The Hall–Kier alpha value is -2.61. The van der Waals surface area contributed by atoms with E-state index in [1.165, 1.54) is 4.90 Å². The van der Waals surface area contributed by atoms with Gasteiger partial charge in [0.2, 0.25) is 11.8 Å². The van der Waals surface area contributed by atoms with Crippen LogP contribution in [0.4, 0.5) is 0 Å². The van der Waals surface area contributed by atoms with E-state index in [2.05, 4.69) is 17.9 Å². The van der Waals surface area contributed by atoms with Gasteiger partial charge in [0.05, 0.1) is 22.5 Å². The fraction of sp³-hybridized carbons (Fsp3) is 0.500. The Morgan fingerprint density at radius 2 is 1.74 bits per heavy atom. The molecule has 2 aliphatic rings. The van der Waals surface area contributed by atoms with Crippen molar-refractivity contribution >= 4 is 41.0 Å². The first-order valence-electron chi connectivity index (χ1n) is 13.6. The molecule has 0 aromatic heterocycles. The van der Waals surface area contributed by atoms with E-state index in [0.29, 0.717) is 22.5 Å². The standard InChI is InChI=1S/C30H36Cl2N2O5/c1-19-15-22(5-10-27(19)39-14-13-34-28(35)11-12-29(34)36)18-33(17-21-3-6-23(7-4-21)30(37)38)20(2)24-8-9-25(31)26(32)16-24/h5,8-10,15-16,20-21,23H,3-4,6-7,11-14,17-18H2,1-2H3,(H,37,38). The Bertz CT molecular complexity index is 1200. The number of hydrogen-bond donors (Lipinski definition) is 1. The van der Waals surface area contributed by atoms with Crippen LogP contribution in [0.15, 0.2) is 36.4 Å². The zero-order valence-electron chi connectivity index (χ0n) is 22.5. The third-order valence-corrected chi connectivity index (χ3v) is 8.75. The number of aliphatic carboxylic acids is 1. The lowest BCUT2D eigenvalue weighted by Gasteiger charge is -2.35. The lowest BCUT2D eigenvalue weighted by atomic mass is 9.81. The van der Waals surface area contributed by atoms with E-state index in [0.717, 1.165) is 54.7 Å². The molecule has 1 aliphatic heterocycles. The number of likely N-dealkylation sites (tertiary alicyclic amines) is 1. The second kappa shape index (κ2) is 13.2. The van der Waals surface area contributed by atoms with Gasteiger partial charge in [0, 0.05) is 32.0 Å². The number of carbonyl (C=O) groups is 3. The van der Waals surface area contributed by atoms with Crippen LogP contribution in [0.2, 0.25) is 10.0 Å². The minimum atomic E-state index is -0.689. The molecule has 9 heteroatoms. The number of benzene rings is 2. The molecule has 1 atom stereocenters. The van der Waals surface area contributed by atoms with Crippen molar-refractivity contribution in [2.75, 3.05) is 19.7 Å². The second-order valence-electron chi connectivity index (χ2n) is 10.7. The molecule has 210 valence electrons. The van der Waals surface area contributed by atoms with Gasteiger partial charge in [-0.25, -0.2) is 0 Å². The molecule has 2 amide bonds. The fourth-order valence-electron chi connectivity index (χ4n) is 5.59. The van der Waals surface area contributed by atoms with Crippen LogP contribution in [0.5, 0.6) is 5.75 Å². The van der Waals surface area contributed by atoms with Gasteiger partial charge in [-0.3, -0.25) is 24.2 Å². The van der Waals surface area contributed by atoms with Crippen LogP contribution in [-0.2, 0) is 20.9 Å². The quantitative estimate of drug-likeness (QED) is 0.317. The molecule has 2 aromatic carbocycles. The van der Waals surface area contributed by atoms with Gasteiger partial charge in [0.15, 0.2) is 0 Å². The van der Waals surface area contributed by atoms with Crippen molar-refractivity contribution in [3.8, 4) is 5.75 Å². The molecular weight excluding hydrogens is 539 g/mol. The molecule has 0 bridgehead atoms. The molecule has 1 heterocycles. The van der Waals surface area contributed by atoms with E-state index >= 15 is 0 Å². The summed E-state index contributed by atoms with van der Waals surface area (Å²) < 4.78 is 5.91. The highest BCUT2D eigenvalue weighted by molar-refractivity contribution is 6.42. The van der Waals surface area contributed by atoms with Crippen molar-refractivity contribution in [2.45, 2.75) is 65.0 Å². The Morgan fingerprint density at radius 1 is 1.05 bits per heavy atom. The van der Waals surface area contributed by atoms with Crippen molar-refractivity contribution in [2.24, 2.45) is 11.8 Å². The van der Waals surface area contributed by atoms with Crippen molar-refractivity contribution in [1.82, 2.24) is 9.80 Å². The monoisotopic (exact) mass is 574 g/mol. The SMILES string of the molecule is Cc1cc(CN(CC2CCC(C(=O)O)CC2)C(C)c2ccc(Cl)c(Cl)c2)ccc1OCCN1C(=O)CCC1=O. The molecule has 2 aromatic rings. The lowest BCUT2D eigenvalue weighted by molar-refractivity contribution is -0.143. The van der Waals surface area contributed by atoms with Crippen LogP contribution in [0.3, 0.4) is 0 Å². The summed E-state index contributed by atoms with van der Waals surface area (Å²) in [6.07, 6.45) is 3.80. The number of halogens is 2. The summed E-state index contributed by atoms with van der Waals surface area (Å²) in [4.78, 5) is 38.8. The second-order valence-corrected chi connectivity index (χ2v) is 11.5. The number of carboxylic acid groups (broad SMARTS) is 1. The van der Waals surface area contributed by atoms with Crippen LogP contribution >= 0.6 is 23.2 Å². The number of nitrogens with zero attached hydrogens (tertiary/aromatic N) is 2. The first-order chi connectivity index (χ1) is 18.6. The van der Waals surface area contributed by atoms with Crippen molar-refractivity contribution in [1.29, 1.82) is 0 Å². The third kappa shape index (κ3) is 7.53. The molecule has 7 nitrogen and oxygen atoms in total. The van der Waals surface area contributed by atoms with Gasteiger partial charge in [0.25, 0.3) is 0 Å². The lowest BCUT2D eigenvalue weighted by Crippen LogP contribution is -2.34. The van der Waals surface area contributed by atoms with Gasteiger partial charge >= 0.3 is 5.97 Å². The average molecular weight is 576 g/mol. The summed E-state index contributed by atoms with van der Waals surface area (Å²) in [6, 6.07) is 11.9. The Balaban J connectivity index is 1.44. The maximum absolute atomic E-state index is 11.8. The normalized spacial score (nSPS) is 20.5. The number of amides is 2. The predicted octanol–water partition coefficient (Wildman–Crippen LogP) is 6.28. The summed E-state index contributed by atoms with van der Waals surface area (Å²) >= 11 is 12.5. The zero-order valence-corrected chi connectivity index (χ0v) is 24.0. The summed E-state index contributed by atoms with van der Waals surface area (Å²) in [5.74, 6) is -0.0453. The molecule has 4 rings (SSSR count). The van der Waals surface area contributed by atoms with Gasteiger partial charge in [-0.2, -0.15) is 0 Å². The molecule has 1 N–H and O–H groups in total. The maximum atomic E-state index is 11.8. The molecule has 2 fully saturated rings. The highest BCUT2D eigenvalue weighted by Crippen LogP contribution is 2.34. The van der Waals surface area contributed by atoms with Crippen LogP contribution in [0, 0.1) is 18.8 Å². The highest BCUT2D eigenvalue weighted by atomic mass is 35.5. The molecular formula is C30H36Cl2N2O5. The number of imide groups is 1. The van der Waals surface area contributed by atoms with Gasteiger partial charge in [-0.1, -0.05) is 41.4 Å². The van der Waals surface area contributed by atoms with Gasteiger partial charge in [-0.05, 0) is 80.3 Å². The molecule has 0 spiro atoms. The first kappa shape index (κ1) is 29.4. The van der Waals surface area contributed by atoms with Crippen LogP contribution in [-0.4, -0.2) is 52.4 Å².